The maximum atomic E-state index is 5.24. The van der Waals surface area contributed by atoms with Gasteiger partial charge >= 0.3 is 0 Å². The van der Waals surface area contributed by atoms with E-state index in [-0.39, 0.29) is 0 Å². The van der Waals surface area contributed by atoms with E-state index in [4.69, 9.17) is 5.10 Å². The fourth-order valence-electron chi connectivity index (χ4n) is 8.21. The SMILES string of the molecule is c1ccc(-c2cc(-c3ccccc3-c3ccccc3)n(-c3ccc(-c4ccccc4-c4ccccc4-c4ccc(N(c5ccccc5)c5ccccc5)cc4)cc3)n2)cc1. The minimum Gasteiger partial charge on any atom is -0.311 e. The Hall–Kier alpha value is -8.01. The van der Waals surface area contributed by atoms with Crippen LogP contribution in [0.2, 0.25) is 0 Å². The zero-order valence-corrected chi connectivity index (χ0v) is 33.0. The second kappa shape index (κ2) is 16.5. The van der Waals surface area contributed by atoms with Crippen LogP contribution in [-0.4, -0.2) is 9.78 Å². The van der Waals surface area contributed by atoms with Crippen LogP contribution in [0.15, 0.2) is 249 Å². The van der Waals surface area contributed by atoms with Gasteiger partial charge in [-0.25, -0.2) is 4.68 Å². The summed E-state index contributed by atoms with van der Waals surface area (Å²) in [6.45, 7) is 0. The summed E-state index contributed by atoms with van der Waals surface area (Å²) >= 11 is 0. The highest BCUT2D eigenvalue weighted by atomic mass is 15.3. The van der Waals surface area contributed by atoms with E-state index < -0.39 is 0 Å². The molecule has 3 nitrogen and oxygen atoms in total. The fraction of sp³-hybridized carbons (Fsp3) is 0. The van der Waals surface area contributed by atoms with Crippen LogP contribution < -0.4 is 4.90 Å². The first-order valence-electron chi connectivity index (χ1n) is 20.4. The zero-order valence-electron chi connectivity index (χ0n) is 33.0. The van der Waals surface area contributed by atoms with Crippen LogP contribution in [-0.2, 0) is 0 Å². The summed E-state index contributed by atoms with van der Waals surface area (Å²) in [6, 6.07) is 88.1. The Balaban J connectivity index is 1.01. The van der Waals surface area contributed by atoms with Crippen molar-refractivity contribution in [2.75, 3.05) is 4.90 Å². The minimum absolute atomic E-state index is 0.931. The Kier molecular flexibility index (Phi) is 9.97. The highest BCUT2D eigenvalue weighted by Crippen LogP contribution is 2.41. The third-order valence-corrected chi connectivity index (χ3v) is 11.1. The number of benzene rings is 9. The smallest absolute Gasteiger partial charge is 0.0934 e. The lowest BCUT2D eigenvalue weighted by Gasteiger charge is -2.25. The molecular formula is C57H41N3. The highest BCUT2D eigenvalue weighted by Gasteiger charge is 2.19. The fourth-order valence-corrected chi connectivity index (χ4v) is 8.21. The molecule has 10 rings (SSSR count). The Bertz CT molecular complexity index is 2950. The molecule has 1 aromatic heterocycles. The Morgan fingerprint density at radius 1 is 0.283 bits per heavy atom. The van der Waals surface area contributed by atoms with Gasteiger partial charge in [-0.2, -0.15) is 5.10 Å². The summed E-state index contributed by atoms with van der Waals surface area (Å²) in [5.74, 6) is 0. The first-order valence-corrected chi connectivity index (χ1v) is 20.4. The van der Waals surface area contributed by atoms with E-state index in [9.17, 15) is 0 Å². The van der Waals surface area contributed by atoms with Crippen molar-refractivity contribution in [3.63, 3.8) is 0 Å². The molecule has 0 saturated carbocycles. The summed E-state index contributed by atoms with van der Waals surface area (Å²) < 4.78 is 2.09. The van der Waals surface area contributed by atoms with E-state index in [0.29, 0.717) is 0 Å². The molecule has 60 heavy (non-hydrogen) atoms. The van der Waals surface area contributed by atoms with Crippen LogP contribution in [0.4, 0.5) is 17.1 Å². The van der Waals surface area contributed by atoms with Crippen LogP contribution >= 0.6 is 0 Å². The molecule has 0 N–H and O–H groups in total. The largest absolute Gasteiger partial charge is 0.311 e. The molecule has 0 atom stereocenters. The molecule has 284 valence electrons. The highest BCUT2D eigenvalue weighted by molar-refractivity contribution is 5.92. The monoisotopic (exact) mass is 767 g/mol. The van der Waals surface area contributed by atoms with Gasteiger partial charge in [0, 0.05) is 28.2 Å². The van der Waals surface area contributed by atoms with Crippen LogP contribution in [0.5, 0.6) is 0 Å². The summed E-state index contributed by atoms with van der Waals surface area (Å²) in [6.07, 6.45) is 0. The number of para-hydroxylation sites is 2. The lowest BCUT2D eigenvalue weighted by Crippen LogP contribution is -2.09. The number of hydrogen-bond donors (Lipinski definition) is 0. The van der Waals surface area contributed by atoms with E-state index in [1.54, 1.807) is 0 Å². The van der Waals surface area contributed by atoms with Gasteiger partial charge in [-0.3, -0.25) is 0 Å². The van der Waals surface area contributed by atoms with Crippen LogP contribution in [0.1, 0.15) is 0 Å². The number of aromatic nitrogens is 2. The average Bonchev–Trinajstić information content (AvgIpc) is 3.79. The number of nitrogens with zero attached hydrogens (tertiary/aromatic N) is 3. The van der Waals surface area contributed by atoms with E-state index in [1.807, 2.05) is 6.07 Å². The van der Waals surface area contributed by atoms with E-state index in [1.165, 1.54) is 33.4 Å². The molecule has 3 heteroatoms. The number of rotatable bonds is 10. The van der Waals surface area contributed by atoms with Crippen molar-refractivity contribution in [2.45, 2.75) is 0 Å². The van der Waals surface area contributed by atoms with Gasteiger partial charge in [0.05, 0.1) is 17.1 Å². The van der Waals surface area contributed by atoms with E-state index in [2.05, 4.69) is 252 Å². The van der Waals surface area contributed by atoms with Gasteiger partial charge in [0.1, 0.15) is 0 Å². The summed E-state index contributed by atoms with van der Waals surface area (Å²) in [7, 11) is 0. The first kappa shape index (κ1) is 36.3. The molecule has 0 aliphatic heterocycles. The Morgan fingerprint density at radius 2 is 0.633 bits per heavy atom. The molecule has 0 saturated heterocycles. The van der Waals surface area contributed by atoms with Crippen molar-refractivity contribution in [1.82, 2.24) is 9.78 Å². The van der Waals surface area contributed by atoms with Gasteiger partial charge in [-0.1, -0.05) is 194 Å². The topological polar surface area (TPSA) is 21.1 Å². The Morgan fingerprint density at radius 3 is 1.13 bits per heavy atom. The molecule has 9 aromatic carbocycles. The molecule has 1 heterocycles. The predicted octanol–water partition coefficient (Wildman–Crippen LogP) is 15.3. The van der Waals surface area contributed by atoms with Gasteiger partial charge in [0.25, 0.3) is 0 Å². The van der Waals surface area contributed by atoms with E-state index >= 15 is 0 Å². The molecule has 0 bridgehead atoms. The number of anilines is 3. The van der Waals surface area contributed by atoms with Crippen LogP contribution in [0, 0.1) is 0 Å². The van der Waals surface area contributed by atoms with Crippen molar-refractivity contribution >= 4 is 17.1 Å². The quantitative estimate of drug-likeness (QED) is 0.138. The van der Waals surface area contributed by atoms with Crippen LogP contribution in [0.25, 0.3) is 72.7 Å². The molecular weight excluding hydrogens is 727 g/mol. The first-order chi connectivity index (χ1) is 29.8. The lowest BCUT2D eigenvalue weighted by molar-refractivity contribution is 0.892. The second-order valence-corrected chi connectivity index (χ2v) is 14.8. The maximum Gasteiger partial charge on any atom is 0.0934 e. The van der Waals surface area contributed by atoms with Gasteiger partial charge in [-0.15, -0.1) is 0 Å². The van der Waals surface area contributed by atoms with Gasteiger partial charge in [0.2, 0.25) is 0 Å². The molecule has 0 aliphatic carbocycles. The summed E-state index contributed by atoms with van der Waals surface area (Å²) in [5.41, 5.74) is 17.9. The molecule has 0 radical (unpaired) electrons. The lowest BCUT2D eigenvalue weighted by atomic mass is 9.89. The van der Waals surface area contributed by atoms with E-state index in [0.717, 1.165) is 56.4 Å². The summed E-state index contributed by atoms with van der Waals surface area (Å²) in [4.78, 5) is 2.30. The predicted molar refractivity (Wildman–Crippen MR) is 251 cm³/mol. The van der Waals surface area contributed by atoms with Crippen molar-refractivity contribution in [2.24, 2.45) is 0 Å². The Labute approximate surface area is 351 Å². The average molecular weight is 768 g/mol. The third kappa shape index (κ3) is 7.21. The second-order valence-electron chi connectivity index (χ2n) is 14.8. The standard InChI is InChI=1S/C57H41N3/c1-5-19-42(20-6-1)52-29-15-18-32-55(52)57-41-56(45-21-7-2-8-22-45)58-60(57)49-39-35-44(36-40-49)51-28-14-17-31-54(51)53-30-16-13-27-50(53)43-33-37-48(38-34-43)59(46-23-9-3-10-24-46)47-25-11-4-12-26-47/h1-41H. The normalized spacial score (nSPS) is 11.0. The molecule has 0 amide bonds. The van der Waals surface area contributed by atoms with Crippen LogP contribution in [0.3, 0.4) is 0 Å². The summed E-state index contributed by atoms with van der Waals surface area (Å²) in [5, 5.41) is 5.24. The molecule has 0 aliphatic rings. The third-order valence-electron chi connectivity index (χ3n) is 11.1. The minimum atomic E-state index is 0.931. The maximum absolute atomic E-state index is 5.24. The van der Waals surface area contributed by atoms with Crippen molar-refractivity contribution in [3.8, 4) is 72.7 Å². The van der Waals surface area contributed by atoms with Crippen molar-refractivity contribution in [3.05, 3.63) is 249 Å². The van der Waals surface area contributed by atoms with Gasteiger partial charge in [0.15, 0.2) is 0 Å². The zero-order chi connectivity index (χ0) is 40.1. The van der Waals surface area contributed by atoms with Gasteiger partial charge in [-0.05, 0) is 99.1 Å². The number of hydrogen-bond acceptors (Lipinski definition) is 2. The van der Waals surface area contributed by atoms with Gasteiger partial charge < -0.3 is 4.90 Å². The molecule has 0 unspecified atom stereocenters. The molecule has 0 fully saturated rings. The van der Waals surface area contributed by atoms with Crippen molar-refractivity contribution < 1.29 is 0 Å². The molecule has 0 spiro atoms. The van der Waals surface area contributed by atoms with Crippen molar-refractivity contribution in [1.29, 1.82) is 0 Å². The molecule has 10 aromatic rings.